The van der Waals surface area contributed by atoms with Gasteiger partial charge in [-0.05, 0) is 30.7 Å². The van der Waals surface area contributed by atoms with Gasteiger partial charge in [0.1, 0.15) is 5.52 Å². The summed E-state index contributed by atoms with van der Waals surface area (Å²) >= 11 is 0. The number of hydrogen-bond acceptors (Lipinski definition) is 6. The molecular weight excluding hydrogens is 356 g/mol. The number of fused-ring (bicyclic) bond motifs is 1. The van der Waals surface area contributed by atoms with Crippen LogP contribution in [0.15, 0.2) is 41.4 Å². The lowest BCUT2D eigenvalue weighted by atomic mass is 10.2. The molecule has 0 aliphatic carbocycles. The normalized spacial score (nSPS) is 11.6. The number of imidazole rings is 1. The molecule has 0 fully saturated rings. The third kappa shape index (κ3) is 3.51. The molecule has 0 unspecified atom stereocenters. The lowest BCUT2D eigenvalue weighted by Gasteiger charge is -2.06. The SMILES string of the molecule is CCn1c(N)nc2cc(C(=O)NCc3ccc(S(N)(=O)=O)cc3)cnc21. The molecule has 0 saturated heterocycles. The second kappa shape index (κ2) is 6.73. The van der Waals surface area contributed by atoms with Crippen molar-refractivity contribution in [1.82, 2.24) is 19.9 Å². The second-order valence-electron chi connectivity index (χ2n) is 5.65. The van der Waals surface area contributed by atoms with Crippen LogP contribution in [0.5, 0.6) is 0 Å². The highest BCUT2D eigenvalue weighted by Crippen LogP contribution is 2.17. The smallest absolute Gasteiger partial charge is 0.253 e. The summed E-state index contributed by atoms with van der Waals surface area (Å²) in [4.78, 5) is 20.8. The molecule has 10 heteroatoms. The van der Waals surface area contributed by atoms with Crippen molar-refractivity contribution in [1.29, 1.82) is 0 Å². The number of nitrogens with zero attached hydrogens (tertiary/aromatic N) is 3. The van der Waals surface area contributed by atoms with Gasteiger partial charge in [0.2, 0.25) is 16.0 Å². The molecule has 26 heavy (non-hydrogen) atoms. The van der Waals surface area contributed by atoms with Gasteiger partial charge in [0, 0.05) is 19.3 Å². The molecule has 0 bridgehead atoms. The lowest BCUT2D eigenvalue weighted by molar-refractivity contribution is 0.0950. The molecule has 0 radical (unpaired) electrons. The first-order valence-corrected chi connectivity index (χ1v) is 9.36. The number of sulfonamides is 1. The van der Waals surface area contributed by atoms with Crippen molar-refractivity contribution in [2.75, 3.05) is 5.73 Å². The van der Waals surface area contributed by atoms with Crippen molar-refractivity contribution in [3.63, 3.8) is 0 Å². The Morgan fingerprint density at radius 3 is 2.58 bits per heavy atom. The Hall–Kier alpha value is -2.98. The van der Waals surface area contributed by atoms with Crippen LogP contribution >= 0.6 is 0 Å². The number of amides is 1. The van der Waals surface area contributed by atoms with Gasteiger partial charge in [0.15, 0.2) is 5.65 Å². The van der Waals surface area contributed by atoms with Crippen LogP contribution in [0.2, 0.25) is 0 Å². The fourth-order valence-corrected chi connectivity index (χ4v) is 3.06. The number of primary sulfonamides is 1. The third-order valence-corrected chi connectivity index (χ3v) is 4.83. The summed E-state index contributed by atoms with van der Waals surface area (Å²) in [7, 11) is -3.73. The number of nitrogen functional groups attached to an aromatic ring is 1. The highest BCUT2D eigenvalue weighted by molar-refractivity contribution is 7.89. The first-order valence-electron chi connectivity index (χ1n) is 7.81. The topological polar surface area (TPSA) is 146 Å². The minimum absolute atomic E-state index is 0.0197. The van der Waals surface area contributed by atoms with Crippen molar-refractivity contribution in [3.8, 4) is 0 Å². The number of hydrogen-bond donors (Lipinski definition) is 3. The molecule has 136 valence electrons. The molecule has 1 amide bonds. The average Bonchev–Trinajstić information content (AvgIpc) is 2.93. The van der Waals surface area contributed by atoms with E-state index in [1.54, 1.807) is 22.8 Å². The lowest BCUT2D eigenvalue weighted by Crippen LogP contribution is -2.23. The fraction of sp³-hybridized carbons (Fsp3) is 0.188. The van der Waals surface area contributed by atoms with Gasteiger partial charge in [-0.2, -0.15) is 0 Å². The summed E-state index contributed by atoms with van der Waals surface area (Å²) in [6, 6.07) is 7.59. The molecule has 0 spiro atoms. The molecule has 0 saturated carbocycles. The molecule has 0 aliphatic heterocycles. The number of nitrogens with two attached hydrogens (primary N) is 2. The van der Waals surface area contributed by atoms with E-state index < -0.39 is 10.0 Å². The number of benzene rings is 1. The van der Waals surface area contributed by atoms with Crippen molar-refractivity contribution in [3.05, 3.63) is 47.7 Å². The molecule has 3 aromatic rings. The summed E-state index contributed by atoms with van der Waals surface area (Å²) in [5.74, 6) is 0.0297. The van der Waals surface area contributed by atoms with E-state index in [2.05, 4.69) is 15.3 Å². The summed E-state index contributed by atoms with van der Waals surface area (Å²) in [5, 5.41) is 7.80. The zero-order valence-corrected chi connectivity index (χ0v) is 14.8. The maximum atomic E-state index is 12.3. The summed E-state index contributed by atoms with van der Waals surface area (Å²) in [6.07, 6.45) is 1.47. The monoisotopic (exact) mass is 374 g/mol. The average molecular weight is 374 g/mol. The van der Waals surface area contributed by atoms with E-state index >= 15 is 0 Å². The minimum atomic E-state index is -3.73. The van der Waals surface area contributed by atoms with Crippen LogP contribution in [0.3, 0.4) is 0 Å². The number of rotatable bonds is 5. The van der Waals surface area contributed by atoms with Crippen LogP contribution in [0.25, 0.3) is 11.2 Å². The molecule has 0 atom stereocenters. The van der Waals surface area contributed by atoms with E-state index in [-0.39, 0.29) is 17.3 Å². The Morgan fingerprint density at radius 1 is 1.27 bits per heavy atom. The van der Waals surface area contributed by atoms with Gasteiger partial charge in [-0.15, -0.1) is 0 Å². The maximum Gasteiger partial charge on any atom is 0.253 e. The molecule has 5 N–H and O–H groups in total. The molecule has 1 aromatic carbocycles. The number of aryl methyl sites for hydroxylation is 1. The van der Waals surface area contributed by atoms with Crippen LogP contribution < -0.4 is 16.2 Å². The van der Waals surface area contributed by atoms with E-state index in [9.17, 15) is 13.2 Å². The number of aromatic nitrogens is 3. The number of anilines is 1. The zero-order valence-electron chi connectivity index (χ0n) is 14.0. The number of carbonyl (C=O) groups is 1. The largest absolute Gasteiger partial charge is 0.369 e. The highest BCUT2D eigenvalue weighted by Gasteiger charge is 2.13. The van der Waals surface area contributed by atoms with Gasteiger partial charge in [-0.25, -0.2) is 23.5 Å². The van der Waals surface area contributed by atoms with Crippen LogP contribution in [-0.4, -0.2) is 28.9 Å². The van der Waals surface area contributed by atoms with E-state index in [0.717, 1.165) is 5.56 Å². The number of pyridine rings is 1. The number of carbonyl (C=O) groups excluding carboxylic acids is 1. The predicted octanol–water partition coefficient (Wildman–Crippen LogP) is 0.611. The van der Waals surface area contributed by atoms with Crippen molar-refractivity contribution >= 4 is 33.0 Å². The van der Waals surface area contributed by atoms with Gasteiger partial charge >= 0.3 is 0 Å². The quantitative estimate of drug-likeness (QED) is 0.596. The molecule has 2 aromatic heterocycles. The van der Waals surface area contributed by atoms with E-state index in [0.29, 0.717) is 29.2 Å². The van der Waals surface area contributed by atoms with Crippen molar-refractivity contribution in [2.24, 2.45) is 5.14 Å². The Morgan fingerprint density at radius 2 is 1.96 bits per heavy atom. The van der Waals surface area contributed by atoms with E-state index in [1.165, 1.54) is 18.3 Å². The van der Waals surface area contributed by atoms with Crippen molar-refractivity contribution in [2.45, 2.75) is 24.9 Å². The van der Waals surface area contributed by atoms with Crippen molar-refractivity contribution < 1.29 is 13.2 Å². The fourth-order valence-electron chi connectivity index (χ4n) is 2.55. The first kappa shape index (κ1) is 17.8. The van der Waals surface area contributed by atoms with Gasteiger partial charge in [-0.1, -0.05) is 12.1 Å². The van der Waals surface area contributed by atoms with Crippen LogP contribution in [0, 0.1) is 0 Å². The molecule has 2 heterocycles. The van der Waals surface area contributed by atoms with Crippen LogP contribution in [0.1, 0.15) is 22.8 Å². The minimum Gasteiger partial charge on any atom is -0.369 e. The number of nitrogens with one attached hydrogen (secondary N) is 1. The summed E-state index contributed by atoms with van der Waals surface area (Å²) < 4.78 is 24.2. The summed E-state index contributed by atoms with van der Waals surface area (Å²) in [6.45, 7) is 2.80. The standard InChI is InChI=1S/C16H18N6O3S/c1-2-22-14-13(21-16(22)17)7-11(9-19-14)15(23)20-8-10-3-5-12(6-4-10)26(18,24)25/h3-7,9H,2,8H2,1H3,(H2,17,21)(H,20,23)(H2,18,24,25). The first-order chi connectivity index (χ1) is 12.3. The third-order valence-electron chi connectivity index (χ3n) is 3.90. The van der Waals surface area contributed by atoms with Gasteiger partial charge < -0.3 is 11.1 Å². The molecule has 9 nitrogen and oxygen atoms in total. The Bertz CT molecular complexity index is 1070. The predicted molar refractivity (Wildman–Crippen MR) is 96.6 cm³/mol. The second-order valence-corrected chi connectivity index (χ2v) is 7.21. The van der Waals surface area contributed by atoms with Crippen LogP contribution in [-0.2, 0) is 23.1 Å². The van der Waals surface area contributed by atoms with Gasteiger partial charge in [0.05, 0.1) is 10.5 Å². The van der Waals surface area contributed by atoms with Crippen LogP contribution in [0.4, 0.5) is 5.95 Å². The Kier molecular flexibility index (Phi) is 4.62. The zero-order chi connectivity index (χ0) is 18.9. The summed E-state index contributed by atoms with van der Waals surface area (Å²) in [5.41, 5.74) is 8.10. The highest BCUT2D eigenvalue weighted by atomic mass is 32.2. The molecular formula is C16H18N6O3S. The van der Waals surface area contributed by atoms with E-state index in [4.69, 9.17) is 10.9 Å². The molecule has 0 aliphatic rings. The molecule has 3 rings (SSSR count). The van der Waals surface area contributed by atoms with Gasteiger partial charge in [-0.3, -0.25) is 9.36 Å². The van der Waals surface area contributed by atoms with E-state index in [1.807, 2.05) is 6.92 Å². The van der Waals surface area contributed by atoms with Gasteiger partial charge in [0.25, 0.3) is 5.91 Å². The Balaban J connectivity index is 1.73. The maximum absolute atomic E-state index is 12.3. The Labute approximate surface area is 150 Å².